The van der Waals surface area contributed by atoms with Gasteiger partial charge in [0.1, 0.15) is 6.04 Å². The van der Waals surface area contributed by atoms with Crippen molar-refractivity contribution in [3.8, 4) is 0 Å². The lowest BCUT2D eigenvalue weighted by Crippen LogP contribution is -2.50. The second kappa shape index (κ2) is 5.48. The fraction of sp³-hybridized carbons (Fsp3) is 0.333. The molecule has 90 valence electrons. The van der Waals surface area contributed by atoms with E-state index in [2.05, 4.69) is 33.2 Å². The van der Waals surface area contributed by atoms with Gasteiger partial charge >= 0.3 is 0 Å². The molecule has 0 saturated carbocycles. The third-order valence-electron chi connectivity index (χ3n) is 2.70. The van der Waals surface area contributed by atoms with Gasteiger partial charge in [0.15, 0.2) is 0 Å². The summed E-state index contributed by atoms with van der Waals surface area (Å²) in [6.45, 7) is 0.703. The van der Waals surface area contributed by atoms with Crippen LogP contribution in [0.1, 0.15) is 23.2 Å². The third-order valence-corrected chi connectivity index (χ3v) is 3.42. The number of amides is 2. The van der Waals surface area contributed by atoms with Gasteiger partial charge in [0.2, 0.25) is 5.91 Å². The lowest BCUT2D eigenvalue weighted by atomic mass is 10.1. The maximum Gasteiger partial charge on any atom is 0.251 e. The topological polar surface area (TPSA) is 58.2 Å². The highest BCUT2D eigenvalue weighted by atomic mass is 127. The maximum absolute atomic E-state index is 11.9. The molecule has 1 aromatic rings. The van der Waals surface area contributed by atoms with Crippen molar-refractivity contribution in [1.82, 2.24) is 10.6 Å². The summed E-state index contributed by atoms with van der Waals surface area (Å²) in [4.78, 5) is 23.4. The van der Waals surface area contributed by atoms with E-state index >= 15 is 0 Å². The second-order valence-corrected chi connectivity index (χ2v) is 5.21. The van der Waals surface area contributed by atoms with Crippen molar-refractivity contribution in [2.24, 2.45) is 0 Å². The highest BCUT2D eigenvalue weighted by Gasteiger charge is 2.23. The van der Waals surface area contributed by atoms with Gasteiger partial charge in [-0.1, -0.05) is 0 Å². The van der Waals surface area contributed by atoms with E-state index in [0.717, 1.165) is 9.99 Å². The van der Waals surface area contributed by atoms with Gasteiger partial charge in [-0.3, -0.25) is 9.59 Å². The number of carbonyl (C=O) groups is 2. The number of nitrogens with one attached hydrogen (secondary N) is 2. The standard InChI is InChI=1S/C12H13IN2O2/c13-9-5-3-8(4-6-9)11(16)15-10-2-1-7-14-12(10)17/h3-6,10H,1-2,7H2,(H,14,17)(H,15,16). The Hall–Kier alpha value is -1.11. The van der Waals surface area contributed by atoms with Crippen LogP contribution in [-0.4, -0.2) is 24.4 Å². The van der Waals surface area contributed by atoms with Gasteiger partial charge in [-0.2, -0.15) is 0 Å². The predicted molar refractivity (Wildman–Crippen MR) is 72.7 cm³/mol. The van der Waals surface area contributed by atoms with Crippen LogP contribution in [-0.2, 0) is 4.79 Å². The van der Waals surface area contributed by atoms with E-state index in [4.69, 9.17) is 0 Å². The normalized spacial score (nSPS) is 19.6. The first-order valence-electron chi connectivity index (χ1n) is 5.51. The summed E-state index contributed by atoms with van der Waals surface area (Å²) in [7, 11) is 0. The Kier molecular flexibility index (Phi) is 3.98. The largest absolute Gasteiger partial charge is 0.354 e. The van der Waals surface area contributed by atoms with Crippen molar-refractivity contribution >= 4 is 34.4 Å². The lowest BCUT2D eigenvalue weighted by molar-refractivity contribution is -0.124. The van der Waals surface area contributed by atoms with Gasteiger partial charge < -0.3 is 10.6 Å². The van der Waals surface area contributed by atoms with Gasteiger partial charge in [0.05, 0.1) is 0 Å². The van der Waals surface area contributed by atoms with Gasteiger partial charge in [-0.15, -0.1) is 0 Å². The first-order chi connectivity index (χ1) is 8.16. The summed E-state index contributed by atoms with van der Waals surface area (Å²) in [5, 5.41) is 5.49. The number of piperidine rings is 1. The van der Waals surface area contributed by atoms with Crippen LogP contribution < -0.4 is 10.6 Å². The molecule has 0 radical (unpaired) electrons. The molecule has 2 amide bonds. The van der Waals surface area contributed by atoms with Crippen LogP contribution in [0.4, 0.5) is 0 Å². The van der Waals surface area contributed by atoms with E-state index in [-0.39, 0.29) is 11.8 Å². The quantitative estimate of drug-likeness (QED) is 0.795. The summed E-state index contributed by atoms with van der Waals surface area (Å²) < 4.78 is 1.08. The van der Waals surface area contributed by atoms with E-state index < -0.39 is 6.04 Å². The van der Waals surface area contributed by atoms with Gasteiger partial charge in [-0.05, 0) is 59.7 Å². The molecule has 2 rings (SSSR count). The molecule has 1 unspecified atom stereocenters. The predicted octanol–water partition coefficient (Wildman–Crippen LogP) is 1.30. The molecule has 1 aliphatic heterocycles. The molecule has 1 aliphatic rings. The van der Waals surface area contributed by atoms with E-state index in [1.807, 2.05) is 12.1 Å². The van der Waals surface area contributed by atoms with Crippen LogP contribution >= 0.6 is 22.6 Å². The first-order valence-corrected chi connectivity index (χ1v) is 6.59. The summed E-state index contributed by atoms with van der Waals surface area (Å²) in [5.74, 6) is -0.279. The minimum atomic E-state index is -0.393. The Morgan fingerprint density at radius 1 is 1.35 bits per heavy atom. The molecule has 4 nitrogen and oxygen atoms in total. The number of rotatable bonds is 2. The average Bonchev–Trinajstić information content (AvgIpc) is 2.33. The molecule has 17 heavy (non-hydrogen) atoms. The van der Waals surface area contributed by atoms with E-state index in [9.17, 15) is 9.59 Å². The zero-order valence-electron chi connectivity index (χ0n) is 9.20. The van der Waals surface area contributed by atoms with Crippen LogP contribution in [0.25, 0.3) is 0 Å². The molecule has 2 N–H and O–H groups in total. The Morgan fingerprint density at radius 2 is 2.06 bits per heavy atom. The summed E-state index contributed by atoms with van der Waals surface area (Å²) in [6.07, 6.45) is 1.62. The minimum absolute atomic E-state index is 0.0879. The van der Waals surface area contributed by atoms with Crippen LogP contribution in [0.2, 0.25) is 0 Å². The van der Waals surface area contributed by atoms with Crippen molar-refractivity contribution in [2.75, 3.05) is 6.54 Å². The number of hydrogen-bond donors (Lipinski definition) is 2. The summed E-state index contributed by atoms with van der Waals surface area (Å²) >= 11 is 2.18. The second-order valence-electron chi connectivity index (χ2n) is 3.97. The van der Waals surface area contributed by atoms with Crippen molar-refractivity contribution in [3.05, 3.63) is 33.4 Å². The van der Waals surface area contributed by atoms with Crippen LogP contribution in [0.5, 0.6) is 0 Å². The Balaban J connectivity index is 2.01. The Morgan fingerprint density at radius 3 is 2.71 bits per heavy atom. The molecule has 1 saturated heterocycles. The van der Waals surface area contributed by atoms with Gasteiger partial charge in [-0.25, -0.2) is 0 Å². The van der Waals surface area contributed by atoms with E-state index in [1.54, 1.807) is 12.1 Å². The van der Waals surface area contributed by atoms with Crippen molar-refractivity contribution < 1.29 is 9.59 Å². The molecule has 0 spiro atoms. The molecule has 1 atom stereocenters. The summed E-state index contributed by atoms with van der Waals surface area (Å²) in [5.41, 5.74) is 0.587. The SMILES string of the molecule is O=C(NC1CCCNC1=O)c1ccc(I)cc1. The van der Waals surface area contributed by atoms with Crippen molar-refractivity contribution in [2.45, 2.75) is 18.9 Å². The summed E-state index contributed by atoms with van der Waals surface area (Å²) in [6, 6.07) is 6.87. The third kappa shape index (κ3) is 3.18. The molecule has 0 aromatic heterocycles. The fourth-order valence-electron chi connectivity index (χ4n) is 1.75. The molecule has 0 aliphatic carbocycles. The van der Waals surface area contributed by atoms with Crippen molar-refractivity contribution in [3.63, 3.8) is 0 Å². The smallest absolute Gasteiger partial charge is 0.251 e. The Labute approximate surface area is 113 Å². The molecule has 1 fully saturated rings. The fourth-order valence-corrected chi connectivity index (χ4v) is 2.11. The monoisotopic (exact) mass is 344 g/mol. The van der Waals surface area contributed by atoms with Crippen LogP contribution in [0.15, 0.2) is 24.3 Å². The number of carbonyl (C=O) groups excluding carboxylic acids is 2. The van der Waals surface area contributed by atoms with Gasteiger partial charge in [0.25, 0.3) is 5.91 Å². The average molecular weight is 344 g/mol. The number of benzene rings is 1. The van der Waals surface area contributed by atoms with Crippen LogP contribution in [0.3, 0.4) is 0 Å². The maximum atomic E-state index is 11.9. The molecule has 1 aromatic carbocycles. The highest BCUT2D eigenvalue weighted by Crippen LogP contribution is 2.08. The first kappa shape index (κ1) is 12.3. The molecule has 0 bridgehead atoms. The molecule has 5 heteroatoms. The Bertz CT molecular complexity index is 431. The van der Waals surface area contributed by atoms with E-state index in [0.29, 0.717) is 18.5 Å². The van der Waals surface area contributed by atoms with Crippen molar-refractivity contribution in [1.29, 1.82) is 0 Å². The van der Waals surface area contributed by atoms with E-state index in [1.165, 1.54) is 0 Å². The molecular weight excluding hydrogens is 331 g/mol. The zero-order chi connectivity index (χ0) is 12.3. The number of hydrogen-bond acceptors (Lipinski definition) is 2. The molecule has 1 heterocycles. The highest BCUT2D eigenvalue weighted by molar-refractivity contribution is 14.1. The number of halogens is 1. The van der Waals surface area contributed by atoms with Crippen LogP contribution in [0, 0.1) is 3.57 Å². The lowest BCUT2D eigenvalue weighted by Gasteiger charge is -2.22. The van der Waals surface area contributed by atoms with Gasteiger partial charge in [0, 0.05) is 15.7 Å². The zero-order valence-corrected chi connectivity index (χ0v) is 11.4. The molecular formula is C12H13IN2O2. The minimum Gasteiger partial charge on any atom is -0.354 e.